The molecule has 1 saturated heterocycles. The average Bonchev–Trinajstić information content (AvgIpc) is 2.85. The largest absolute Gasteiger partial charge is 0.367 e. The molecule has 0 aromatic carbocycles. The van der Waals surface area contributed by atoms with Crippen LogP contribution >= 0.6 is 11.3 Å². The lowest BCUT2D eigenvalue weighted by atomic mass is 10.0. The molecule has 7 heteroatoms. The molecule has 3 heterocycles. The summed E-state index contributed by atoms with van der Waals surface area (Å²) in [5.41, 5.74) is 1.27. The van der Waals surface area contributed by atoms with Crippen molar-refractivity contribution in [3.05, 3.63) is 16.8 Å². The van der Waals surface area contributed by atoms with Crippen LogP contribution in [0.4, 0.5) is 5.82 Å². The predicted molar refractivity (Wildman–Crippen MR) is 94.0 cm³/mol. The molecule has 1 amide bonds. The van der Waals surface area contributed by atoms with Gasteiger partial charge in [-0.3, -0.25) is 9.69 Å². The molecular weight excluding hydrogens is 310 g/mol. The number of fused-ring (bicyclic) bond motifs is 1. The van der Waals surface area contributed by atoms with Gasteiger partial charge in [0.2, 0.25) is 5.91 Å². The maximum Gasteiger partial charge on any atom is 0.233 e. The molecule has 0 spiro atoms. The first-order chi connectivity index (χ1) is 11.1. The highest BCUT2D eigenvalue weighted by Gasteiger charge is 2.22. The van der Waals surface area contributed by atoms with Crippen LogP contribution in [0.5, 0.6) is 0 Å². The highest BCUT2D eigenvalue weighted by Crippen LogP contribution is 2.33. The molecule has 3 rings (SSSR count). The van der Waals surface area contributed by atoms with Gasteiger partial charge in [-0.15, -0.1) is 11.3 Å². The van der Waals surface area contributed by atoms with Gasteiger partial charge in [-0.25, -0.2) is 9.97 Å². The van der Waals surface area contributed by atoms with Crippen LogP contribution < -0.4 is 10.6 Å². The quantitative estimate of drug-likeness (QED) is 0.895. The SMILES string of the molecule is CNC(=O)CN1CCC(Nc2ncnc3sc(C)c(C)c23)CC1. The Labute approximate surface area is 140 Å². The summed E-state index contributed by atoms with van der Waals surface area (Å²) in [7, 11) is 1.68. The second-order valence-corrected chi connectivity index (χ2v) is 7.26. The lowest BCUT2D eigenvalue weighted by Crippen LogP contribution is -2.43. The number of aryl methyl sites for hydroxylation is 2. The fourth-order valence-electron chi connectivity index (χ4n) is 3.00. The number of aromatic nitrogens is 2. The maximum absolute atomic E-state index is 11.5. The highest BCUT2D eigenvalue weighted by atomic mass is 32.1. The average molecular weight is 333 g/mol. The van der Waals surface area contributed by atoms with Crippen molar-refractivity contribution in [1.29, 1.82) is 0 Å². The van der Waals surface area contributed by atoms with E-state index in [1.165, 1.54) is 10.4 Å². The van der Waals surface area contributed by atoms with E-state index in [0.29, 0.717) is 12.6 Å². The van der Waals surface area contributed by atoms with Crippen molar-refractivity contribution in [1.82, 2.24) is 20.2 Å². The molecule has 1 fully saturated rings. The Kier molecular flexibility index (Phi) is 4.77. The molecule has 0 atom stereocenters. The molecule has 2 aromatic rings. The number of amides is 1. The van der Waals surface area contributed by atoms with Gasteiger partial charge in [0.15, 0.2) is 0 Å². The maximum atomic E-state index is 11.5. The topological polar surface area (TPSA) is 70.2 Å². The van der Waals surface area contributed by atoms with Gasteiger partial charge in [0.1, 0.15) is 17.0 Å². The molecule has 124 valence electrons. The number of nitrogens with zero attached hydrogens (tertiary/aromatic N) is 3. The third-order valence-corrected chi connectivity index (χ3v) is 5.66. The van der Waals surface area contributed by atoms with Crippen LogP contribution in [-0.4, -0.2) is 53.5 Å². The van der Waals surface area contributed by atoms with Crippen LogP contribution in [0.2, 0.25) is 0 Å². The van der Waals surface area contributed by atoms with E-state index in [9.17, 15) is 4.79 Å². The number of anilines is 1. The Bertz CT molecular complexity index is 706. The summed E-state index contributed by atoms with van der Waals surface area (Å²) >= 11 is 1.72. The molecule has 0 unspecified atom stereocenters. The summed E-state index contributed by atoms with van der Waals surface area (Å²) in [6.45, 7) is 6.61. The van der Waals surface area contributed by atoms with Crippen LogP contribution in [0.15, 0.2) is 6.33 Å². The number of hydrogen-bond donors (Lipinski definition) is 2. The van der Waals surface area contributed by atoms with Gasteiger partial charge in [0.25, 0.3) is 0 Å². The fraction of sp³-hybridized carbons (Fsp3) is 0.562. The van der Waals surface area contributed by atoms with E-state index in [1.807, 2.05) is 0 Å². The van der Waals surface area contributed by atoms with Crippen LogP contribution in [0, 0.1) is 13.8 Å². The summed E-state index contributed by atoms with van der Waals surface area (Å²) in [5, 5.41) is 7.43. The van der Waals surface area contributed by atoms with Gasteiger partial charge < -0.3 is 10.6 Å². The molecular formula is C16H23N5OS. The van der Waals surface area contributed by atoms with Crippen LogP contribution in [0.25, 0.3) is 10.2 Å². The molecule has 2 N–H and O–H groups in total. The number of rotatable bonds is 4. The van der Waals surface area contributed by atoms with E-state index < -0.39 is 0 Å². The number of piperidine rings is 1. The smallest absolute Gasteiger partial charge is 0.233 e. The van der Waals surface area contributed by atoms with E-state index in [1.54, 1.807) is 24.7 Å². The van der Waals surface area contributed by atoms with Crippen molar-refractivity contribution in [2.45, 2.75) is 32.7 Å². The summed E-state index contributed by atoms with van der Waals surface area (Å²) in [6.07, 6.45) is 3.68. The van der Waals surface area contributed by atoms with Crippen molar-refractivity contribution >= 4 is 33.3 Å². The standard InChI is InChI=1S/C16H23N5OS/c1-10-11(2)23-16-14(10)15(18-9-19-16)20-12-4-6-21(7-5-12)8-13(22)17-3/h9,12H,4-8H2,1-3H3,(H,17,22)(H,18,19,20). The number of hydrogen-bond acceptors (Lipinski definition) is 6. The summed E-state index contributed by atoms with van der Waals surface area (Å²) in [5.74, 6) is 1.03. The van der Waals surface area contributed by atoms with Crippen molar-refractivity contribution < 1.29 is 4.79 Å². The minimum atomic E-state index is 0.0818. The number of carbonyl (C=O) groups is 1. The number of nitrogens with one attached hydrogen (secondary N) is 2. The van der Waals surface area contributed by atoms with Crippen molar-refractivity contribution in [2.24, 2.45) is 0 Å². The van der Waals surface area contributed by atoms with E-state index in [0.717, 1.165) is 42.0 Å². The molecule has 6 nitrogen and oxygen atoms in total. The van der Waals surface area contributed by atoms with Crippen molar-refractivity contribution in [3.63, 3.8) is 0 Å². The molecule has 0 radical (unpaired) electrons. The van der Waals surface area contributed by atoms with Gasteiger partial charge in [-0.1, -0.05) is 0 Å². The lowest BCUT2D eigenvalue weighted by Gasteiger charge is -2.32. The third-order valence-electron chi connectivity index (χ3n) is 4.54. The van der Waals surface area contributed by atoms with Crippen molar-refractivity contribution in [2.75, 3.05) is 32.0 Å². The highest BCUT2D eigenvalue weighted by molar-refractivity contribution is 7.18. The number of carbonyl (C=O) groups excluding carboxylic acids is 1. The first kappa shape index (κ1) is 16.1. The van der Waals surface area contributed by atoms with Crippen LogP contribution in [-0.2, 0) is 4.79 Å². The molecule has 23 heavy (non-hydrogen) atoms. The minimum absolute atomic E-state index is 0.0818. The van der Waals surface area contributed by atoms with E-state index in [4.69, 9.17) is 0 Å². The summed E-state index contributed by atoms with van der Waals surface area (Å²) in [6, 6.07) is 0.397. The Morgan fingerprint density at radius 3 is 2.78 bits per heavy atom. The van der Waals surface area contributed by atoms with Gasteiger partial charge in [-0.05, 0) is 32.3 Å². The fourth-order valence-corrected chi connectivity index (χ4v) is 4.00. The van der Waals surface area contributed by atoms with Gasteiger partial charge >= 0.3 is 0 Å². The molecule has 1 aliphatic rings. The molecule has 0 bridgehead atoms. The molecule has 0 saturated carbocycles. The first-order valence-corrected chi connectivity index (χ1v) is 8.80. The summed E-state index contributed by atoms with van der Waals surface area (Å²) in [4.78, 5) is 24.8. The molecule has 1 aliphatic heterocycles. The zero-order valence-electron chi connectivity index (χ0n) is 13.8. The lowest BCUT2D eigenvalue weighted by molar-refractivity contribution is -0.122. The van der Waals surface area contributed by atoms with Gasteiger partial charge in [0.05, 0.1) is 11.9 Å². The Balaban J connectivity index is 1.66. The van der Waals surface area contributed by atoms with Gasteiger partial charge in [0, 0.05) is 31.1 Å². The predicted octanol–water partition coefficient (Wildman–Crippen LogP) is 1.93. The number of thiophene rings is 1. The molecule has 0 aliphatic carbocycles. The Morgan fingerprint density at radius 1 is 1.35 bits per heavy atom. The zero-order chi connectivity index (χ0) is 16.4. The monoisotopic (exact) mass is 333 g/mol. The van der Waals surface area contributed by atoms with Gasteiger partial charge in [-0.2, -0.15) is 0 Å². The Morgan fingerprint density at radius 2 is 2.09 bits per heavy atom. The first-order valence-electron chi connectivity index (χ1n) is 7.98. The normalized spacial score (nSPS) is 16.7. The minimum Gasteiger partial charge on any atom is -0.367 e. The number of likely N-dealkylation sites (N-methyl/N-ethyl adjacent to an activating group) is 1. The third kappa shape index (κ3) is 3.45. The van der Waals surface area contributed by atoms with Crippen LogP contribution in [0.1, 0.15) is 23.3 Å². The van der Waals surface area contributed by atoms with E-state index >= 15 is 0 Å². The van der Waals surface area contributed by atoms with E-state index in [-0.39, 0.29) is 5.91 Å². The second kappa shape index (κ2) is 6.80. The zero-order valence-corrected chi connectivity index (χ0v) is 14.7. The Hall–Kier alpha value is -1.73. The van der Waals surface area contributed by atoms with Crippen LogP contribution in [0.3, 0.4) is 0 Å². The summed E-state index contributed by atoms with van der Waals surface area (Å²) < 4.78 is 0. The second-order valence-electron chi connectivity index (χ2n) is 6.05. The number of likely N-dealkylation sites (tertiary alicyclic amines) is 1. The molecule has 2 aromatic heterocycles. The van der Waals surface area contributed by atoms with Crippen molar-refractivity contribution in [3.8, 4) is 0 Å². The van der Waals surface area contributed by atoms with E-state index in [2.05, 4.69) is 39.3 Å².